The van der Waals surface area contributed by atoms with Gasteiger partial charge in [0, 0.05) is 48.3 Å². The van der Waals surface area contributed by atoms with Crippen LogP contribution in [0.5, 0.6) is 0 Å². The lowest BCUT2D eigenvalue weighted by Gasteiger charge is -2.24. The number of carbonyl (C=O) groups is 1. The number of benzene rings is 1. The van der Waals surface area contributed by atoms with Gasteiger partial charge in [-0.2, -0.15) is 5.10 Å². The van der Waals surface area contributed by atoms with E-state index in [4.69, 9.17) is 9.84 Å². The van der Waals surface area contributed by atoms with Crippen LogP contribution >= 0.6 is 0 Å². The highest BCUT2D eigenvalue weighted by atomic mass is 16.5. The van der Waals surface area contributed by atoms with Gasteiger partial charge in [0.15, 0.2) is 5.65 Å². The highest BCUT2D eigenvalue weighted by molar-refractivity contribution is 5.89. The van der Waals surface area contributed by atoms with Gasteiger partial charge in [0.05, 0.1) is 18.4 Å². The first-order valence-electron chi connectivity index (χ1n) is 11.1. The van der Waals surface area contributed by atoms with Crippen LogP contribution in [0.15, 0.2) is 42.7 Å². The lowest BCUT2D eigenvalue weighted by Crippen LogP contribution is -2.38. The summed E-state index contributed by atoms with van der Waals surface area (Å²) in [5.41, 5.74) is 4.42. The van der Waals surface area contributed by atoms with Crippen LogP contribution in [-0.4, -0.2) is 46.4 Å². The molecule has 1 unspecified atom stereocenters. The number of rotatable bonds is 4. The van der Waals surface area contributed by atoms with E-state index >= 15 is 0 Å². The first-order chi connectivity index (χ1) is 15.3. The summed E-state index contributed by atoms with van der Waals surface area (Å²) in [6, 6.07) is 9.98. The zero-order valence-electron chi connectivity index (χ0n) is 17.5. The van der Waals surface area contributed by atoms with E-state index < -0.39 is 0 Å². The Morgan fingerprint density at radius 2 is 2.00 bits per heavy atom. The summed E-state index contributed by atoms with van der Waals surface area (Å²) < 4.78 is 7.76. The molecule has 8 nitrogen and oxygen atoms in total. The van der Waals surface area contributed by atoms with Crippen LogP contribution in [0.4, 0.5) is 10.5 Å². The topological polar surface area (TPSA) is 92.6 Å². The Kier molecular flexibility index (Phi) is 5.82. The second kappa shape index (κ2) is 9.03. The second-order valence-corrected chi connectivity index (χ2v) is 8.25. The average Bonchev–Trinajstić information content (AvgIpc) is 3.29. The molecule has 2 aromatic heterocycles. The van der Waals surface area contributed by atoms with E-state index in [1.54, 1.807) is 10.7 Å². The van der Waals surface area contributed by atoms with Gasteiger partial charge in [0.25, 0.3) is 0 Å². The van der Waals surface area contributed by atoms with Crippen molar-refractivity contribution in [3.8, 4) is 11.3 Å². The fourth-order valence-corrected chi connectivity index (χ4v) is 4.41. The standard InChI is InChI=1S/C23H28N6O2/c30-23(26-17-4-2-1-3-5-17)27-18-8-6-16(7-9-18)20-14-19(21-15-24-11-13-31-21)22-25-10-12-29(22)28-20/h6-10,12,14,17,21,24H,1-5,11,13,15H2,(H2,26,27,30). The molecule has 3 aromatic rings. The van der Waals surface area contributed by atoms with E-state index in [2.05, 4.69) is 27.0 Å². The molecule has 1 aliphatic carbocycles. The van der Waals surface area contributed by atoms with E-state index in [-0.39, 0.29) is 18.2 Å². The summed E-state index contributed by atoms with van der Waals surface area (Å²) in [5.74, 6) is 0. The Labute approximate surface area is 181 Å². The molecule has 8 heteroatoms. The van der Waals surface area contributed by atoms with Crippen molar-refractivity contribution in [2.24, 2.45) is 0 Å². The zero-order valence-corrected chi connectivity index (χ0v) is 17.5. The summed E-state index contributed by atoms with van der Waals surface area (Å²) in [6.07, 6.45) is 9.34. The number of imidazole rings is 1. The molecule has 3 heterocycles. The molecule has 162 valence electrons. The first-order valence-corrected chi connectivity index (χ1v) is 11.1. The van der Waals surface area contributed by atoms with Gasteiger partial charge in [-0.25, -0.2) is 14.3 Å². The maximum atomic E-state index is 12.3. The molecule has 1 aliphatic heterocycles. The molecular weight excluding hydrogens is 392 g/mol. The van der Waals surface area contributed by atoms with Gasteiger partial charge in [0.1, 0.15) is 0 Å². The van der Waals surface area contributed by atoms with Crippen LogP contribution < -0.4 is 16.0 Å². The monoisotopic (exact) mass is 420 g/mol. The molecule has 1 saturated carbocycles. The third-order valence-corrected chi connectivity index (χ3v) is 6.04. The van der Waals surface area contributed by atoms with E-state index in [1.165, 1.54) is 19.3 Å². The number of hydrogen-bond donors (Lipinski definition) is 3. The number of urea groups is 1. The number of fused-ring (bicyclic) bond motifs is 1. The van der Waals surface area contributed by atoms with Crippen LogP contribution in [0, 0.1) is 0 Å². The quantitative estimate of drug-likeness (QED) is 0.601. The largest absolute Gasteiger partial charge is 0.371 e. The molecule has 2 amide bonds. The molecule has 1 atom stereocenters. The maximum absolute atomic E-state index is 12.3. The number of nitrogens with one attached hydrogen (secondary N) is 3. The highest BCUT2D eigenvalue weighted by Gasteiger charge is 2.21. The number of ether oxygens (including phenoxy) is 1. The normalized spacial score (nSPS) is 19.9. The number of morpholine rings is 1. The summed E-state index contributed by atoms with van der Waals surface area (Å²) >= 11 is 0. The third kappa shape index (κ3) is 4.55. The number of hydrogen-bond acceptors (Lipinski definition) is 5. The number of nitrogens with zero attached hydrogens (tertiary/aromatic N) is 3. The Balaban J connectivity index is 1.32. The van der Waals surface area contributed by atoms with Crippen LogP contribution in [-0.2, 0) is 4.74 Å². The van der Waals surface area contributed by atoms with E-state index in [1.807, 2.05) is 30.5 Å². The van der Waals surface area contributed by atoms with Crippen LogP contribution in [0.3, 0.4) is 0 Å². The van der Waals surface area contributed by atoms with E-state index in [0.29, 0.717) is 6.61 Å². The number of amides is 2. The maximum Gasteiger partial charge on any atom is 0.319 e. The molecular formula is C23H28N6O2. The number of anilines is 1. The Bertz CT molecular complexity index is 1040. The Hall–Kier alpha value is -2.97. The molecule has 1 aromatic carbocycles. The molecule has 2 aliphatic rings. The smallest absolute Gasteiger partial charge is 0.319 e. The Morgan fingerprint density at radius 3 is 2.77 bits per heavy atom. The SMILES string of the molecule is O=C(Nc1ccc(-c2cc(C3CNCCO3)c3nccn3n2)cc1)NC1CCCCC1. The number of aromatic nitrogens is 3. The van der Waals surface area contributed by atoms with Crippen molar-refractivity contribution in [2.75, 3.05) is 25.0 Å². The highest BCUT2D eigenvalue weighted by Crippen LogP contribution is 2.28. The van der Waals surface area contributed by atoms with E-state index in [0.717, 1.165) is 54.1 Å². The zero-order chi connectivity index (χ0) is 21.0. The summed E-state index contributed by atoms with van der Waals surface area (Å²) in [4.78, 5) is 16.8. The van der Waals surface area contributed by atoms with Gasteiger partial charge in [0.2, 0.25) is 0 Å². The predicted octanol–water partition coefficient (Wildman–Crippen LogP) is 3.51. The van der Waals surface area contributed by atoms with Crippen LogP contribution in [0.2, 0.25) is 0 Å². The summed E-state index contributed by atoms with van der Waals surface area (Å²) in [7, 11) is 0. The van der Waals surface area contributed by atoms with Crippen molar-refractivity contribution in [3.05, 3.63) is 48.3 Å². The molecule has 5 rings (SSSR count). The van der Waals surface area contributed by atoms with E-state index in [9.17, 15) is 4.79 Å². The van der Waals surface area contributed by atoms with Gasteiger partial charge in [-0.05, 0) is 31.0 Å². The van der Waals surface area contributed by atoms with Gasteiger partial charge in [-0.3, -0.25) is 0 Å². The van der Waals surface area contributed by atoms with Crippen LogP contribution in [0.1, 0.15) is 43.8 Å². The average molecular weight is 421 g/mol. The summed E-state index contributed by atoms with van der Waals surface area (Å²) in [5, 5.41) is 14.1. The van der Waals surface area contributed by atoms with Gasteiger partial charge in [-0.15, -0.1) is 0 Å². The van der Waals surface area contributed by atoms with Crippen molar-refractivity contribution in [2.45, 2.75) is 44.2 Å². The van der Waals surface area contributed by atoms with Crippen molar-refractivity contribution in [3.63, 3.8) is 0 Å². The molecule has 0 radical (unpaired) electrons. The molecule has 0 bridgehead atoms. The molecule has 3 N–H and O–H groups in total. The third-order valence-electron chi connectivity index (χ3n) is 6.04. The predicted molar refractivity (Wildman–Crippen MR) is 119 cm³/mol. The molecule has 0 spiro atoms. The molecule has 31 heavy (non-hydrogen) atoms. The van der Waals surface area contributed by atoms with Gasteiger partial charge < -0.3 is 20.7 Å². The Morgan fingerprint density at radius 1 is 1.16 bits per heavy atom. The van der Waals surface area contributed by atoms with Crippen molar-refractivity contribution in [1.29, 1.82) is 0 Å². The van der Waals surface area contributed by atoms with Crippen molar-refractivity contribution >= 4 is 17.4 Å². The fourth-order valence-electron chi connectivity index (χ4n) is 4.41. The van der Waals surface area contributed by atoms with Gasteiger partial charge >= 0.3 is 6.03 Å². The minimum atomic E-state index is -0.137. The number of carbonyl (C=O) groups excluding carboxylic acids is 1. The van der Waals surface area contributed by atoms with Crippen LogP contribution in [0.25, 0.3) is 16.9 Å². The minimum Gasteiger partial charge on any atom is -0.371 e. The molecule has 2 fully saturated rings. The van der Waals surface area contributed by atoms with Gasteiger partial charge in [-0.1, -0.05) is 31.4 Å². The second-order valence-electron chi connectivity index (χ2n) is 8.25. The van der Waals surface area contributed by atoms with Crippen molar-refractivity contribution < 1.29 is 9.53 Å². The minimum absolute atomic E-state index is 0.0511. The molecule has 1 saturated heterocycles. The lowest BCUT2D eigenvalue weighted by molar-refractivity contribution is 0.0282. The van der Waals surface area contributed by atoms with Crippen molar-refractivity contribution in [1.82, 2.24) is 25.2 Å². The lowest BCUT2D eigenvalue weighted by atomic mass is 9.96. The first kappa shape index (κ1) is 20.0. The summed E-state index contributed by atoms with van der Waals surface area (Å²) in [6.45, 7) is 2.30. The fraction of sp³-hybridized carbons (Fsp3) is 0.435.